The van der Waals surface area contributed by atoms with Crippen molar-refractivity contribution in [2.24, 2.45) is 4.99 Å². The number of fused-ring (bicyclic) bond motifs is 1. The number of ether oxygens (including phenoxy) is 1. The minimum Gasteiger partial charge on any atom is -0.496 e. The van der Waals surface area contributed by atoms with E-state index >= 15 is 0 Å². The van der Waals surface area contributed by atoms with Crippen LogP contribution in [0.3, 0.4) is 0 Å². The predicted molar refractivity (Wildman–Crippen MR) is 81.5 cm³/mol. The molecule has 5 heteroatoms. The molecule has 0 saturated heterocycles. The summed E-state index contributed by atoms with van der Waals surface area (Å²) in [4.78, 5) is 8.69. The molecule has 3 rings (SSSR count). The second kappa shape index (κ2) is 5.00. The highest BCUT2D eigenvalue weighted by molar-refractivity contribution is 5.94. The highest BCUT2D eigenvalue weighted by Crippen LogP contribution is 2.33. The largest absolute Gasteiger partial charge is 0.496 e. The van der Waals surface area contributed by atoms with Crippen molar-refractivity contribution in [1.29, 1.82) is 0 Å². The third-order valence-electron chi connectivity index (χ3n) is 3.60. The van der Waals surface area contributed by atoms with Gasteiger partial charge in [-0.15, -0.1) is 0 Å². The number of hydrazine groups is 1. The molecule has 1 aliphatic rings. The number of hydrogen-bond donors (Lipinski definition) is 1. The number of nitrogens with zero attached hydrogens (tertiary/aromatic N) is 3. The molecule has 0 saturated carbocycles. The van der Waals surface area contributed by atoms with E-state index in [1.54, 1.807) is 13.3 Å². The molecule has 1 aromatic carbocycles. The van der Waals surface area contributed by atoms with E-state index in [9.17, 15) is 0 Å². The van der Waals surface area contributed by atoms with Gasteiger partial charge in [-0.3, -0.25) is 20.4 Å². The molecule has 2 heterocycles. The van der Waals surface area contributed by atoms with E-state index in [4.69, 9.17) is 4.74 Å². The first-order valence-corrected chi connectivity index (χ1v) is 6.67. The number of methoxy groups -OCH3 is 1. The topological polar surface area (TPSA) is 49.8 Å². The van der Waals surface area contributed by atoms with E-state index in [2.05, 4.69) is 35.3 Å². The normalized spacial score (nSPS) is 14.1. The van der Waals surface area contributed by atoms with E-state index < -0.39 is 0 Å². The summed E-state index contributed by atoms with van der Waals surface area (Å²) < 4.78 is 5.48. The number of pyridine rings is 1. The first-order valence-electron chi connectivity index (χ1n) is 6.67. The number of aliphatic imine (C=N–C) groups is 1. The summed E-state index contributed by atoms with van der Waals surface area (Å²) in [6.45, 7) is 5.88. The summed E-state index contributed by atoms with van der Waals surface area (Å²) >= 11 is 0. The molecule has 0 unspecified atom stereocenters. The first kappa shape index (κ1) is 12.7. The Morgan fingerprint density at radius 3 is 2.90 bits per heavy atom. The van der Waals surface area contributed by atoms with Crippen molar-refractivity contribution in [3.05, 3.63) is 29.5 Å². The molecular weight excluding hydrogens is 252 g/mol. The smallest absolute Gasteiger partial charge is 0.130 e. The lowest BCUT2D eigenvalue weighted by atomic mass is 10.0. The Bertz CT molecular complexity index is 681. The maximum atomic E-state index is 5.48. The Labute approximate surface area is 118 Å². The van der Waals surface area contributed by atoms with E-state index in [0.717, 1.165) is 46.6 Å². The Kier molecular flexibility index (Phi) is 3.18. The molecule has 0 aliphatic carbocycles. The molecule has 5 nitrogen and oxygen atoms in total. The van der Waals surface area contributed by atoms with Crippen molar-refractivity contribution in [1.82, 2.24) is 9.99 Å². The van der Waals surface area contributed by atoms with E-state index in [1.807, 2.05) is 17.4 Å². The maximum absolute atomic E-state index is 5.48. The number of nitrogens with one attached hydrogen (secondary N) is 1. The molecule has 104 valence electrons. The molecule has 2 aromatic rings. The second-order valence-corrected chi connectivity index (χ2v) is 4.93. The highest BCUT2D eigenvalue weighted by Gasteiger charge is 2.14. The average molecular weight is 270 g/mol. The van der Waals surface area contributed by atoms with Crippen LogP contribution in [-0.2, 0) is 0 Å². The molecular formula is C15H18N4O. The van der Waals surface area contributed by atoms with Crippen LogP contribution in [0.25, 0.3) is 10.9 Å². The molecule has 1 N–H and O–H groups in total. The number of aryl methyl sites for hydroxylation is 2. The third kappa shape index (κ3) is 2.05. The van der Waals surface area contributed by atoms with Gasteiger partial charge in [0.25, 0.3) is 0 Å². The van der Waals surface area contributed by atoms with Crippen LogP contribution >= 0.6 is 0 Å². The van der Waals surface area contributed by atoms with Gasteiger partial charge in [0.1, 0.15) is 12.1 Å². The van der Waals surface area contributed by atoms with Crippen molar-refractivity contribution in [2.75, 3.05) is 25.6 Å². The van der Waals surface area contributed by atoms with Gasteiger partial charge in [0.15, 0.2) is 0 Å². The molecule has 1 aliphatic heterocycles. The highest BCUT2D eigenvalue weighted by atomic mass is 16.5. The van der Waals surface area contributed by atoms with Gasteiger partial charge in [-0.05, 0) is 37.1 Å². The Balaban J connectivity index is 2.13. The van der Waals surface area contributed by atoms with E-state index in [-0.39, 0.29) is 0 Å². The number of anilines is 1. The van der Waals surface area contributed by atoms with Crippen LogP contribution in [0.4, 0.5) is 5.69 Å². The molecule has 1 aromatic heterocycles. The number of aromatic nitrogens is 1. The van der Waals surface area contributed by atoms with Gasteiger partial charge in [0, 0.05) is 11.6 Å². The quantitative estimate of drug-likeness (QED) is 0.931. The van der Waals surface area contributed by atoms with Crippen LogP contribution in [-0.4, -0.2) is 36.5 Å². The second-order valence-electron chi connectivity index (χ2n) is 4.93. The summed E-state index contributed by atoms with van der Waals surface area (Å²) in [5.41, 5.74) is 7.71. The monoisotopic (exact) mass is 270 g/mol. The maximum Gasteiger partial charge on any atom is 0.130 e. The van der Waals surface area contributed by atoms with Gasteiger partial charge in [0.2, 0.25) is 0 Å². The lowest BCUT2D eigenvalue weighted by molar-refractivity contribution is 0.419. The van der Waals surface area contributed by atoms with Crippen LogP contribution in [0, 0.1) is 13.8 Å². The van der Waals surface area contributed by atoms with Crippen molar-refractivity contribution >= 4 is 22.9 Å². The van der Waals surface area contributed by atoms with Crippen molar-refractivity contribution < 1.29 is 4.74 Å². The zero-order chi connectivity index (χ0) is 14.1. The molecule has 20 heavy (non-hydrogen) atoms. The van der Waals surface area contributed by atoms with Gasteiger partial charge in [-0.2, -0.15) is 0 Å². The molecule has 0 bridgehead atoms. The molecule has 0 fully saturated rings. The minimum absolute atomic E-state index is 0.837. The van der Waals surface area contributed by atoms with Gasteiger partial charge in [-0.1, -0.05) is 0 Å². The van der Waals surface area contributed by atoms with Crippen LogP contribution in [0.1, 0.15) is 11.1 Å². The van der Waals surface area contributed by atoms with Crippen LogP contribution < -0.4 is 10.2 Å². The number of hydrogen-bond acceptors (Lipinski definition) is 5. The number of rotatable bonds is 3. The zero-order valence-corrected chi connectivity index (χ0v) is 12.0. The van der Waals surface area contributed by atoms with E-state index in [0.29, 0.717) is 0 Å². The summed E-state index contributed by atoms with van der Waals surface area (Å²) in [5.74, 6) is 0.856. The molecule has 0 atom stereocenters. The third-order valence-corrected chi connectivity index (χ3v) is 3.60. The first-order chi connectivity index (χ1) is 9.70. The summed E-state index contributed by atoms with van der Waals surface area (Å²) in [6, 6.07) is 4.02. The fraction of sp³-hybridized carbons (Fsp3) is 0.333. The van der Waals surface area contributed by atoms with Crippen LogP contribution in [0.2, 0.25) is 0 Å². The molecule has 0 spiro atoms. The summed E-state index contributed by atoms with van der Waals surface area (Å²) in [6.07, 6.45) is 3.62. The van der Waals surface area contributed by atoms with Gasteiger partial charge >= 0.3 is 0 Å². The Morgan fingerprint density at radius 1 is 1.35 bits per heavy atom. The van der Waals surface area contributed by atoms with Crippen LogP contribution in [0.5, 0.6) is 5.75 Å². The van der Waals surface area contributed by atoms with Gasteiger partial charge in [0.05, 0.1) is 31.4 Å². The molecule has 0 radical (unpaired) electrons. The molecule has 0 amide bonds. The average Bonchev–Trinajstić information content (AvgIpc) is 2.96. The Hall–Kier alpha value is -2.30. The van der Waals surface area contributed by atoms with Crippen molar-refractivity contribution in [3.8, 4) is 5.75 Å². The summed E-state index contributed by atoms with van der Waals surface area (Å²) in [7, 11) is 1.69. The van der Waals surface area contributed by atoms with Crippen molar-refractivity contribution in [2.45, 2.75) is 13.8 Å². The lowest BCUT2D eigenvalue weighted by Crippen LogP contribution is -2.27. The predicted octanol–water partition coefficient (Wildman–Crippen LogP) is 2.53. The zero-order valence-electron chi connectivity index (χ0n) is 12.0. The minimum atomic E-state index is 0.837. The lowest BCUT2D eigenvalue weighted by Gasteiger charge is -2.21. The van der Waals surface area contributed by atoms with Gasteiger partial charge < -0.3 is 4.74 Å². The Morgan fingerprint density at radius 2 is 2.20 bits per heavy atom. The van der Waals surface area contributed by atoms with E-state index in [1.165, 1.54) is 0 Å². The number of benzene rings is 1. The van der Waals surface area contributed by atoms with Crippen molar-refractivity contribution in [3.63, 3.8) is 0 Å². The van der Waals surface area contributed by atoms with Gasteiger partial charge in [-0.25, -0.2) is 0 Å². The fourth-order valence-corrected chi connectivity index (χ4v) is 2.54. The SMILES string of the molecule is COc1ccnc2c(C)cc(NN3C=NCC3)c(C)c12. The fourth-order valence-electron chi connectivity index (χ4n) is 2.54. The standard InChI is InChI=1S/C15H18N4O/c1-10-8-12(18-19-7-6-16-9-19)11(2)14-13(20-3)4-5-17-15(10)14/h4-5,8-9,18H,6-7H2,1-3H3. The summed E-state index contributed by atoms with van der Waals surface area (Å²) in [5, 5.41) is 3.06. The van der Waals surface area contributed by atoms with Crippen LogP contribution in [0.15, 0.2) is 23.3 Å².